The largest absolute Gasteiger partial charge is 0.352 e. The second kappa shape index (κ2) is 7.37. The third kappa shape index (κ3) is 4.90. The summed E-state index contributed by atoms with van der Waals surface area (Å²) in [4.78, 5) is 12.3. The molecule has 1 aromatic carbocycles. The van der Waals surface area contributed by atoms with Crippen LogP contribution in [-0.2, 0) is 23.5 Å². The highest BCUT2D eigenvalue weighted by Gasteiger charge is 2.27. The van der Waals surface area contributed by atoms with Crippen LogP contribution in [0.2, 0.25) is 0 Å². The fourth-order valence-electron chi connectivity index (χ4n) is 2.47. The van der Waals surface area contributed by atoms with Crippen LogP contribution in [0, 0.1) is 0 Å². The van der Waals surface area contributed by atoms with Crippen LogP contribution in [0.25, 0.3) is 0 Å². The van der Waals surface area contributed by atoms with Crippen molar-refractivity contribution in [2.24, 2.45) is 7.05 Å². The number of nitrogens with zero attached hydrogens (tertiary/aromatic N) is 2. The number of aryl methyl sites for hydroxylation is 2. The Balaban J connectivity index is 1.48. The minimum Gasteiger partial charge on any atom is -0.352 e. The van der Waals surface area contributed by atoms with E-state index in [9.17, 15) is 13.2 Å². The highest BCUT2D eigenvalue weighted by Crippen LogP contribution is 2.22. The Bertz CT molecular complexity index is 839. The second-order valence-corrected chi connectivity index (χ2v) is 8.02. The van der Waals surface area contributed by atoms with E-state index < -0.39 is 10.0 Å². The van der Waals surface area contributed by atoms with E-state index in [1.807, 2.05) is 19.4 Å². The summed E-state index contributed by atoms with van der Waals surface area (Å²) in [5, 5.41) is 6.95. The number of nitrogens with one attached hydrogen (secondary N) is 2. The molecule has 1 aliphatic carbocycles. The molecule has 0 spiro atoms. The van der Waals surface area contributed by atoms with Crippen LogP contribution in [0.3, 0.4) is 0 Å². The lowest BCUT2D eigenvalue weighted by atomic mass is 10.2. The first-order valence-electron chi connectivity index (χ1n) is 8.32. The van der Waals surface area contributed by atoms with Crippen molar-refractivity contribution in [1.82, 2.24) is 19.8 Å². The van der Waals surface area contributed by atoms with Crippen LogP contribution in [0.15, 0.2) is 41.6 Å². The number of carbonyl (C=O) groups is 1. The summed E-state index contributed by atoms with van der Waals surface area (Å²) in [7, 11) is -1.61. The van der Waals surface area contributed by atoms with Crippen LogP contribution < -0.4 is 10.0 Å². The number of rotatable bonds is 8. The van der Waals surface area contributed by atoms with Gasteiger partial charge in [0.25, 0.3) is 5.91 Å². The maximum absolute atomic E-state index is 12.1. The first-order chi connectivity index (χ1) is 11.9. The Morgan fingerprint density at radius 3 is 2.60 bits per heavy atom. The van der Waals surface area contributed by atoms with Gasteiger partial charge < -0.3 is 5.32 Å². The van der Waals surface area contributed by atoms with Gasteiger partial charge in [-0.25, -0.2) is 13.1 Å². The number of amides is 1. The summed E-state index contributed by atoms with van der Waals surface area (Å²) >= 11 is 0. The molecule has 1 aromatic heterocycles. The van der Waals surface area contributed by atoms with Gasteiger partial charge in [0.05, 0.1) is 11.1 Å². The van der Waals surface area contributed by atoms with Crippen LogP contribution in [0.4, 0.5) is 0 Å². The summed E-state index contributed by atoms with van der Waals surface area (Å²) in [5.41, 5.74) is 1.58. The molecule has 2 aromatic rings. The van der Waals surface area contributed by atoms with Crippen molar-refractivity contribution in [2.45, 2.75) is 36.6 Å². The summed E-state index contributed by atoms with van der Waals surface area (Å²) < 4.78 is 28.6. The number of aromatic nitrogens is 2. The highest BCUT2D eigenvalue weighted by molar-refractivity contribution is 7.89. The van der Waals surface area contributed by atoms with Gasteiger partial charge in [0.15, 0.2) is 0 Å². The zero-order valence-electron chi connectivity index (χ0n) is 14.1. The van der Waals surface area contributed by atoms with Crippen molar-refractivity contribution < 1.29 is 13.2 Å². The van der Waals surface area contributed by atoms with E-state index in [0.29, 0.717) is 12.1 Å². The maximum Gasteiger partial charge on any atom is 0.251 e. The van der Waals surface area contributed by atoms with Gasteiger partial charge in [0, 0.05) is 31.4 Å². The maximum atomic E-state index is 12.1. The van der Waals surface area contributed by atoms with E-state index in [2.05, 4.69) is 15.1 Å². The minimum atomic E-state index is -3.48. The molecule has 0 atom stereocenters. The molecular formula is C17H22N4O3S. The van der Waals surface area contributed by atoms with Crippen LogP contribution >= 0.6 is 0 Å². The molecule has 0 aliphatic heterocycles. The van der Waals surface area contributed by atoms with Crippen molar-refractivity contribution in [3.05, 3.63) is 47.8 Å². The molecule has 0 radical (unpaired) electrons. The number of benzene rings is 1. The topological polar surface area (TPSA) is 93.1 Å². The van der Waals surface area contributed by atoms with Crippen molar-refractivity contribution in [1.29, 1.82) is 0 Å². The van der Waals surface area contributed by atoms with Crippen LogP contribution in [-0.4, -0.2) is 36.7 Å². The molecule has 3 rings (SSSR count). The summed E-state index contributed by atoms with van der Waals surface area (Å²) in [5.74, 6) is -0.203. The molecule has 1 amide bonds. The number of hydrogen-bond acceptors (Lipinski definition) is 4. The van der Waals surface area contributed by atoms with Crippen molar-refractivity contribution in [3.8, 4) is 0 Å². The van der Waals surface area contributed by atoms with Crippen LogP contribution in [0.1, 0.15) is 35.2 Å². The smallest absolute Gasteiger partial charge is 0.251 e. The Morgan fingerprint density at radius 1 is 1.28 bits per heavy atom. The predicted molar refractivity (Wildman–Crippen MR) is 93.6 cm³/mol. The quantitative estimate of drug-likeness (QED) is 0.691. The molecule has 8 heteroatoms. The number of hydrogen-bond donors (Lipinski definition) is 2. The Morgan fingerprint density at radius 2 is 2.00 bits per heavy atom. The fourth-order valence-corrected chi connectivity index (χ4v) is 3.78. The number of sulfonamides is 1. The van der Waals surface area contributed by atoms with Crippen molar-refractivity contribution in [2.75, 3.05) is 6.54 Å². The van der Waals surface area contributed by atoms with Gasteiger partial charge in [-0.05, 0) is 55.5 Å². The van der Waals surface area contributed by atoms with E-state index in [1.165, 1.54) is 24.3 Å². The predicted octanol–water partition coefficient (Wildman–Crippen LogP) is 1.22. The lowest BCUT2D eigenvalue weighted by Crippen LogP contribution is -2.26. The van der Waals surface area contributed by atoms with Gasteiger partial charge in [-0.1, -0.05) is 0 Å². The molecule has 0 bridgehead atoms. The normalized spacial score (nSPS) is 14.4. The van der Waals surface area contributed by atoms with E-state index in [0.717, 1.165) is 31.2 Å². The van der Waals surface area contributed by atoms with Gasteiger partial charge >= 0.3 is 0 Å². The molecule has 1 aliphatic rings. The Kier molecular flexibility index (Phi) is 5.19. The molecule has 1 heterocycles. The molecule has 0 unspecified atom stereocenters. The molecule has 25 heavy (non-hydrogen) atoms. The third-order valence-corrected chi connectivity index (χ3v) is 5.55. The average Bonchev–Trinajstić information content (AvgIpc) is 3.29. The zero-order valence-corrected chi connectivity index (χ0v) is 14.9. The molecule has 7 nitrogen and oxygen atoms in total. The summed E-state index contributed by atoms with van der Waals surface area (Å²) in [6.45, 7) is 0.553. The van der Waals surface area contributed by atoms with Gasteiger partial charge in [0.2, 0.25) is 10.0 Å². The molecule has 1 saturated carbocycles. The molecule has 134 valence electrons. The standard InChI is InChI=1S/C17H22N4O3S/c1-21-12-13(11-19-21)3-2-10-18-17(22)14-4-8-16(9-5-14)25(23,24)20-15-6-7-15/h4-5,8-9,11-12,15,20H,2-3,6-7,10H2,1H3,(H,18,22). The van der Waals surface area contributed by atoms with Gasteiger partial charge in [-0.15, -0.1) is 0 Å². The molecular weight excluding hydrogens is 340 g/mol. The summed E-state index contributed by atoms with van der Waals surface area (Å²) in [6.07, 6.45) is 7.21. The van der Waals surface area contributed by atoms with E-state index >= 15 is 0 Å². The lowest BCUT2D eigenvalue weighted by Gasteiger charge is -2.07. The van der Waals surface area contributed by atoms with Crippen molar-refractivity contribution >= 4 is 15.9 Å². The number of carbonyl (C=O) groups excluding carboxylic acids is 1. The van der Waals surface area contributed by atoms with Gasteiger partial charge in [-0.3, -0.25) is 9.48 Å². The first-order valence-corrected chi connectivity index (χ1v) is 9.80. The first kappa shape index (κ1) is 17.6. The molecule has 0 saturated heterocycles. The minimum absolute atomic E-state index is 0.0628. The van der Waals surface area contributed by atoms with Crippen LogP contribution in [0.5, 0.6) is 0 Å². The van der Waals surface area contributed by atoms with Crippen molar-refractivity contribution in [3.63, 3.8) is 0 Å². The second-order valence-electron chi connectivity index (χ2n) is 6.30. The fraction of sp³-hybridized carbons (Fsp3) is 0.412. The van der Waals surface area contributed by atoms with E-state index in [-0.39, 0.29) is 16.8 Å². The molecule has 2 N–H and O–H groups in total. The zero-order chi connectivity index (χ0) is 17.9. The van der Waals surface area contributed by atoms with E-state index in [1.54, 1.807) is 4.68 Å². The van der Waals surface area contributed by atoms with E-state index in [4.69, 9.17) is 0 Å². The van der Waals surface area contributed by atoms with Gasteiger partial charge in [0.1, 0.15) is 0 Å². The monoisotopic (exact) mass is 362 g/mol. The Labute approximate surface area is 147 Å². The Hall–Kier alpha value is -2.19. The summed E-state index contributed by atoms with van der Waals surface area (Å²) in [6, 6.07) is 6.08. The average molecular weight is 362 g/mol. The lowest BCUT2D eigenvalue weighted by molar-refractivity contribution is 0.0953. The third-order valence-electron chi connectivity index (χ3n) is 4.01. The SMILES string of the molecule is Cn1cc(CCCNC(=O)c2ccc(S(=O)(=O)NC3CC3)cc2)cn1. The molecule has 1 fully saturated rings. The van der Waals surface area contributed by atoms with Gasteiger partial charge in [-0.2, -0.15) is 5.10 Å². The highest BCUT2D eigenvalue weighted by atomic mass is 32.2.